The molecule has 2 aromatic rings. The predicted octanol–water partition coefficient (Wildman–Crippen LogP) is 3.28. The van der Waals surface area contributed by atoms with Gasteiger partial charge in [0.15, 0.2) is 0 Å². The first-order valence-electron chi connectivity index (χ1n) is 6.74. The summed E-state index contributed by atoms with van der Waals surface area (Å²) < 4.78 is 9.52. The van der Waals surface area contributed by atoms with E-state index in [-0.39, 0.29) is 11.5 Å². The van der Waals surface area contributed by atoms with E-state index in [1.807, 2.05) is 31.2 Å². The van der Waals surface area contributed by atoms with Crippen LogP contribution >= 0.6 is 11.5 Å². The molecule has 0 aliphatic rings. The highest BCUT2D eigenvalue weighted by molar-refractivity contribution is 7.05. The molecule has 0 bridgehead atoms. The largest absolute Gasteiger partial charge is 0.494 e. The monoisotopic (exact) mass is 291 g/mol. The number of ether oxygens (including phenoxy) is 1. The summed E-state index contributed by atoms with van der Waals surface area (Å²) in [7, 11) is 0. The van der Waals surface area contributed by atoms with Crippen molar-refractivity contribution in [1.29, 1.82) is 0 Å². The average Bonchev–Trinajstić information content (AvgIpc) is 2.88. The van der Waals surface area contributed by atoms with Crippen LogP contribution in [0.5, 0.6) is 5.75 Å². The summed E-state index contributed by atoms with van der Waals surface area (Å²) in [6.07, 6.45) is 0. The molecule has 2 N–H and O–H groups in total. The Balaban J connectivity index is 2.27. The molecular weight excluding hydrogens is 270 g/mol. The first-order chi connectivity index (χ1) is 9.43. The summed E-state index contributed by atoms with van der Waals surface area (Å²) in [4.78, 5) is 1.03. The van der Waals surface area contributed by atoms with Crippen molar-refractivity contribution in [3.8, 4) is 5.75 Å². The van der Waals surface area contributed by atoms with Gasteiger partial charge in [0.25, 0.3) is 0 Å². The third-order valence-electron chi connectivity index (χ3n) is 3.06. The minimum Gasteiger partial charge on any atom is -0.494 e. The van der Waals surface area contributed by atoms with Crippen molar-refractivity contribution in [1.82, 2.24) is 9.59 Å². The summed E-state index contributed by atoms with van der Waals surface area (Å²) in [6, 6.07) is 7.71. The summed E-state index contributed by atoms with van der Waals surface area (Å²) >= 11 is 1.38. The Morgan fingerprint density at radius 3 is 2.45 bits per heavy atom. The van der Waals surface area contributed by atoms with E-state index >= 15 is 0 Å². The van der Waals surface area contributed by atoms with Gasteiger partial charge < -0.3 is 10.5 Å². The highest BCUT2D eigenvalue weighted by atomic mass is 32.1. The maximum Gasteiger partial charge on any atom is 0.119 e. The van der Waals surface area contributed by atoms with E-state index in [9.17, 15) is 0 Å². The zero-order chi connectivity index (χ0) is 14.8. The average molecular weight is 291 g/mol. The zero-order valence-corrected chi connectivity index (χ0v) is 13.2. The van der Waals surface area contributed by atoms with Crippen molar-refractivity contribution in [3.63, 3.8) is 0 Å². The van der Waals surface area contributed by atoms with Crippen molar-refractivity contribution in [2.24, 2.45) is 5.73 Å². The van der Waals surface area contributed by atoms with Gasteiger partial charge in [0.05, 0.1) is 23.2 Å². The second-order valence-electron chi connectivity index (χ2n) is 5.72. The summed E-state index contributed by atoms with van der Waals surface area (Å²) in [5, 5.41) is 4.24. The van der Waals surface area contributed by atoms with Gasteiger partial charge in [-0.25, -0.2) is 0 Å². The number of hydrogen-bond donors (Lipinski definition) is 1. The molecule has 1 heterocycles. The SMILES string of the molecule is CCOc1ccc(C(N)c2snnc2C(C)(C)C)cc1. The van der Waals surface area contributed by atoms with E-state index in [2.05, 4.69) is 30.4 Å². The molecule has 0 radical (unpaired) electrons. The molecule has 0 aliphatic heterocycles. The second-order valence-corrected chi connectivity index (χ2v) is 6.50. The van der Waals surface area contributed by atoms with Crippen molar-refractivity contribution >= 4 is 11.5 Å². The fourth-order valence-electron chi connectivity index (χ4n) is 2.01. The van der Waals surface area contributed by atoms with Crippen LogP contribution in [0.25, 0.3) is 0 Å². The Hall–Kier alpha value is -1.46. The molecule has 1 aromatic heterocycles. The topological polar surface area (TPSA) is 61.0 Å². The lowest BCUT2D eigenvalue weighted by Gasteiger charge is -2.19. The van der Waals surface area contributed by atoms with E-state index in [4.69, 9.17) is 10.5 Å². The number of nitrogens with zero attached hydrogens (tertiary/aromatic N) is 2. The van der Waals surface area contributed by atoms with Gasteiger partial charge in [0.2, 0.25) is 0 Å². The predicted molar refractivity (Wildman–Crippen MR) is 82.3 cm³/mol. The molecule has 1 unspecified atom stereocenters. The van der Waals surface area contributed by atoms with Crippen LogP contribution in [0.15, 0.2) is 24.3 Å². The fourth-order valence-corrected chi connectivity index (χ4v) is 2.90. The Labute approximate surface area is 124 Å². The molecule has 5 heteroatoms. The molecule has 1 atom stereocenters. The fraction of sp³-hybridized carbons (Fsp3) is 0.467. The van der Waals surface area contributed by atoms with Gasteiger partial charge >= 0.3 is 0 Å². The van der Waals surface area contributed by atoms with E-state index < -0.39 is 0 Å². The van der Waals surface area contributed by atoms with E-state index in [0.717, 1.165) is 21.9 Å². The maximum absolute atomic E-state index is 6.37. The second kappa shape index (κ2) is 5.89. The zero-order valence-electron chi connectivity index (χ0n) is 12.4. The number of nitrogens with two attached hydrogens (primary N) is 1. The van der Waals surface area contributed by atoms with Gasteiger partial charge in [-0.15, -0.1) is 5.10 Å². The van der Waals surface area contributed by atoms with Crippen LogP contribution in [0.2, 0.25) is 0 Å². The minimum absolute atomic E-state index is 0.0504. The highest BCUT2D eigenvalue weighted by Gasteiger charge is 2.26. The molecule has 0 saturated carbocycles. The Morgan fingerprint density at radius 2 is 1.90 bits per heavy atom. The van der Waals surface area contributed by atoms with Gasteiger partial charge in [0, 0.05) is 5.41 Å². The molecular formula is C15H21N3OS. The van der Waals surface area contributed by atoms with Crippen molar-refractivity contribution in [2.75, 3.05) is 6.61 Å². The van der Waals surface area contributed by atoms with Gasteiger partial charge in [-0.05, 0) is 36.2 Å². The number of aromatic nitrogens is 2. The molecule has 108 valence electrons. The molecule has 1 aromatic carbocycles. The summed E-state index contributed by atoms with van der Waals surface area (Å²) in [5.41, 5.74) is 8.34. The Kier molecular flexibility index (Phi) is 4.40. The number of rotatable bonds is 4. The van der Waals surface area contributed by atoms with Crippen LogP contribution in [-0.2, 0) is 5.41 Å². The molecule has 20 heavy (non-hydrogen) atoms. The Bertz CT molecular complexity index is 557. The molecule has 0 amide bonds. The minimum atomic E-state index is -0.195. The first-order valence-corrected chi connectivity index (χ1v) is 7.52. The Morgan fingerprint density at radius 1 is 1.25 bits per heavy atom. The van der Waals surface area contributed by atoms with Crippen LogP contribution in [0.4, 0.5) is 0 Å². The molecule has 0 aliphatic carbocycles. The van der Waals surface area contributed by atoms with E-state index in [1.165, 1.54) is 11.5 Å². The quantitative estimate of drug-likeness (QED) is 0.939. The maximum atomic E-state index is 6.37. The van der Waals surface area contributed by atoms with Gasteiger partial charge in [-0.3, -0.25) is 0 Å². The summed E-state index contributed by atoms with van der Waals surface area (Å²) in [6.45, 7) is 9.00. The molecule has 0 fully saturated rings. The van der Waals surface area contributed by atoms with Crippen molar-refractivity contribution in [3.05, 3.63) is 40.4 Å². The summed E-state index contributed by atoms with van der Waals surface area (Å²) in [5.74, 6) is 0.863. The lowest BCUT2D eigenvalue weighted by molar-refractivity contribution is 0.340. The standard InChI is InChI=1S/C15H21N3OS/c1-5-19-11-8-6-10(7-9-11)12(16)13-14(15(2,3)4)17-18-20-13/h6-9,12H,5,16H2,1-4H3. The van der Waals surface area contributed by atoms with Crippen LogP contribution < -0.4 is 10.5 Å². The third-order valence-corrected chi connectivity index (χ3v) is 3.86. The van der Waals surface area contributed by atoms with Gasteiger partial charge in [-0.1, -0.05) is 37.4 Å². The lowest BCUT2D eigenvalue weighted by Crippen LogP contribution is -2.19. The van der Waals surface area contributed by atoms with Crippen molar-refractivity contribution in [2.45, 2.75) is 39.2 Å². The molecule has 2 rings (SSSR count). The van der Waals surface area contributed by atoms with Gasteiger partial charge in [-0.2, -0.15) is 0 Å². The van der Waals surface area contributed by atoms with Gasteiger partial charge in [0.1, 0.15) is 5.75 Å². The third kappa shape index (κ3) is 3.16. The number of benzene rings is 1. The number of hydrogen-bond acceptors (Lipinski definition) is 5. The molecule has 0 saturated heterocycles. The van der Waals surface area contributed by atoms with Crippen LogP contribution in [-0.4, -0.2) is 16.2 Å². The van der Waals surface area contributed by atoms with E-state index in [0.29, 0.717) is 6.61 Å². The highest BCUT2D eigenvalue weighted by Crippen LogP contribution is 2.32. The molecule has 4 nitrogen and oxygen atoms in total. The van der Waals surface area contributed by atoms with Crippen LogP contribution in [0.1, 0.15) is 49.9 Å². The smallest absolute Gasteiger partial charge is 0.119 e. The lowest BCUT2D eigenvalue weighted by atomic mass is 9.89. The normalized spacial score (nSPS) is 13.2. The van der Waals surface area contributed by atoms with Crippen LogP contribution in [0.3, 0.4) is 0 Å². The van der Waals surface area contributed by atoms with Crippen molar-refractivity contribution < 1.29 is 4.74 Å². The van der Waals surface area contributed by atoms with E-state index in [1.54, 1.807) is 0 Å². The molecule has 0 spiro atoms. The van der Waals surface area contributed by atoms with Crippen LogP contribution in [0, 0.1) is 0 Å². The first kappa shape index (κ1) is 14.9.